The van der Waals surface area contributed by atoms with Crippen molar-refractivity contribution in [3.8, 4) is 11.1 Å². The zero-order valence-electron chi connectivity index (χ0n) is 10.3. The van der Waals surface area contributed by atoms with Gasteiger partial charge in [-0.25, -0.2) is 9.78 Å². The Balaban J connectivity index is 2.64. The molecule has 0 aromatic carbocycles. The lowest BCUT2D eigenvalue weighted by molar-refractivity contribution is -0.137. The second-order valence-electron chi connectivity index (χ2n) is 3.85. The molecule has 0 radical (unpaired) electrons. The van der Waals surface area contributed by atoms with Gasteiger partial charge in [0.25, 0.3) is 0 Å². The van der Waals surface area contributed by atoms with Crippen molar-refractivity contribution >= 4 is 5.97 Å². The first-order valence-corrected chi connectivity index (χ1v) is 5.49. The summed E-state index contributed by atoms with van der Waals surface area (Å²) in [4.78, 5) is 18.9. The lowest BCUT2D eigenvalue weighted by atomic mass is 10.0. The Kier molecular flexibility index (Phi) is 3.69. The summed E-state index contributed by atoms with van der Waals surface area (Å²) in [6.07, 6.45) is -1.10. The van der Waals surface area contributed by atoms with Crippen molar-refractivity contribution in [1.29, 1.82) is 0 Å². The van der Waals surface area contributed by atoms with Crippen LogP contribution in [0.15, 0.2) is 36.8 Å². The van der Waals surface area contributed by atoms with Crippen molar-refractivity contribution in [2.45, 2.75) is 6.18 Å². The van der Waals surface area contributed by atoms with Crippen molar-refractivity contribution in [2.24, 2.45) is 0 Å². The minimum absolute atomic E-state index is 0.0501. The standard InChI is InChI=1S/C13H9F3N2O2/c1-20-12(19)11-10(8-2-4-17-5-3-8)6-9(7-18-11)13(14,15)16/h2-7H,1H3. The Morgan fingerprint density at radius 2 is 1.90 bits per heavy atom. The molecule has 0 aliphatic carbocycles. The number of halogens is 3. The van der Waals surface area contributed by atoms with E-state index in [9.17, 15) is 18.0 Å². The Morgan fingerprint density at radius 3 is 2.45 bits per heavy atom. The van der Waals surface area contributed by atoms with Gasteiger partial charge in [-0.3, -0.25) is 4.98 Å². The van der Waals surface area contributed by atoms with E-state index in [1.165, 1.54) is 24.5 Å². The molecule has 0 aliphatic heterocycles. The molecule has 2 aromatic rings. The second-order valence-corrected chi connectivity index (χ2v) is 3.85. The number of rotatable bonds is 2. The summed E-state index contributed by atoms with van der Waals surface area (Å²) >= 11 is 0. The van der Waals surface area contributed by atoms with Gasteiger partial charge in [0.05, 0.1) is 12.7 Å². The second kappa shape index (κ2) is 5.28. The highest BCUT2D eigenvalue weighted by atomic mass is 19.4. The van der Waals surface area contributed by atoms with Crippen LogP contribution in [0.2, 0.25) is 0 Å². The summed E-state index contributed by atoms with van der Waals surface area (Å²) in [5.41, 5.74) is -0.656. The topological polar surface area (TPSA) is 52.1 Å². The number of aromatic nitrogens is 2. The molecule has 0 fully saturated rings. The SMILES string of the molecule is COC(=O)c1ncc(C(F)(F)F)cc1-c1ccncc1. The number of hydrogen-bond acceptors (Lipinski definition) is 4. The molecule has 0 atom stereocenters. The van der Waals surface area contributed by atoms with Crippen LogP contribution in [-0.4, -0.2) is 23.0 Å². The first-order chi connectivity index (χ1) is 9.43. The number of alkyl halides is 3. The maximum atomic E-state index is 12.7. The van der Waals surface area contributed by atoms with E-state index in [2.05, 4.69) is 14.7 Å². The predicted molar refractivity (Wildman–Crippen MR) is 63.8 cm³/mol. The summed E-state index contributed by atoms with van der Waals surface area (Å²) < 4.78 is 42.7. The van der Waals surface area contributed by atoms with E-state index in [0.29, 0.717) is 11.8 Å². The molecule has 0 N–H and O–H groups in total. The largest absolute Gasteiger partial charge is 0.464 e. The highest BCUT2D eigenvalue weighted by Crippen LogP contribution is 2.33. The molecule has 7 heteroatoms. The van der Waals surface area contributed by atoms with Gasteiger partial charge < -0.3 is 4.74 Å². The first kappa shape index (κ1) is 14.0. The van der Waals surface area contributed by atoms with Crippen molar-refractivity contribution in [2.75, 3.05) is 7.11 Å². The lowest BCUT2D eigenvalue weighted by Crippen LogP contribution is -2.11. The lowest BCUT2D eigenvalue weighted by Gasteiger charge is -2.11. The Morgan fingerprint density at radius 1 is 1.25 bits per heavy atom. The van der Waals surface area contributed by atoms with E-state index in [1.807, 2.05) is 0 Å². The summed E-state index contributed by atoms with van der Waals surface area (Å²) in [6, 6.07) is 3.85. The molecule has 0 spiro atoms. The number of carbonyl (C=O) groups excluding carboxylic acids is 1. The number of pyridine rings is 2. The van der Waals surface area contributed by atoms with E-state index in [4.69, 9.17) is 0 Å². The Labute approximate surface area is 112 Å². The van der Waals surface area contributed by atoms with Gasteiger partial charge in [-0.2, -0.15) is 13.2 Å². The average molecular weight is 282 g/mol. The van der Waals surface area contributed by atoms with E-state index in [-0.39, 0.29) is 11.3 Å². The van der Waals surface area contributed by atoms with Crippen LogP contribution in [0.3, 0.4) is 0 Å². The molecular formula is C13H9F3N2O2. The fourth-order valence-electron chi connectivity index (χ4n) is 1.63. The third kappa shape index (κ3) is 2.76. The molecule has 2 heterocycles. The maximum absolute atomic E-state index is 12.7. The van der Waals surface area contributed by atoms with Crippen molar-refractivity contribution in [1.82, 2.24) is 9.97 Å². The first-order valence-electron chi connectivity index (χ1n) is 5.49. The minimum atomic E-state index is -4.54. The van der Waals surface area contributed by atoms with Gasteiger partial charge in [-0.15, -0.1) is 0 Å². The summed E-state index contributed by atoms with van der Waals surface area (Å²) in [6.45, 7) is 0. The van der Waals surface area contributed by atoms with E-state index < -0.39 is 17.7 Å². The quantitative estimate of drug-likeness (QED) is 0.795. The van der Waals surface area contributed by atoms with Gasteiger partial charge >= 0.3 is 12.1 Å². The highest BCUT2D eigenvalue weighted by Gasteiger charge is 2.32. The van der Waals surface area contributed by atoms with Gasteiger partial charge in [-0.05, 0) is 23.8 Å². The fourth-order valence-corrected chi connectivity index (χ4v) is 1.63. The van der Waals surface area contributed by atoms with Crippen LogP contribution in [0.25, 0.3) is 11.1 Å². The van der Waals surface area contributed by atoms with Crippen molar-refractivity contribution < 1.29 is 22.7 Å². The third-order valence-corrected chi connectivity index (χ3v) is 2.59. The van der Waals surface area contributed by atoms with Crippen LogP contribution in [-0.2, 0) is 10.9 Å². The summed E-state index contributed by atoms with van der Waals surface area (Å²) in [5.74, 6) is -0.800. The van der Waals surface area contributed by atoms with Gasteiger partial charge in [0.1, 0.15) is 0 Å². The van der Waals surface area contributed by atoms with Crippen LogP contribution in [0.4, 0.5) is 13.2 Å². The highest BCUT2D eigenvalue weighted by molar-refractivity contribution is 5.95. The van der Waals surface area contributed by atoms with Crippen molar-refractivity contribution in [3.05, 3.63) is 48.0 Å². The number of ether oxygens (including phenoxy) is 1. The number of methoxy groups -OCH3 is 1. The molecule has 4 nitrogen and oxygen atoms in total. The van der Waals surface area contributed by atoms with E-state index in [1.54, 1.807) is 0 Å². The zero-order chi connectivity index (χ0) is 14.8. The minimum Gasteiger partial charge on any atom is -0.464 e. The third-order valence-electron chi connectivity index (χ3n) is 2.59. The average Bonchev–Trinajstić information content (AvgIpc) is 2.46. The number of nitrogens with zero attached hydrogens (tertiary/aromatic N) is 2. The molecule has 2 rings (SSSR count). The monoisotopic (exact) mass is 282 g/mol. The molecule has 0 amide bonds. The number of carbonyl (C=O) groups is 1. The Bertz CT molecular complexity index is 627. The van der Waals surface area contributed by atoms with Gasteiger partial charge in [-0.1, -0.05) is 0 Å². The van der Waals surface area contributed by atoms with E-state index in [0.717, 1.165) is 13.2 Å². The zero-order valence-corrected chi connectivity index (χ0v) is 10.3. The van der Waals surface area contributed by atoms with Crippen molar-refractivity contribution in [3.63, 3.8) is 0 Å². The number of hydrogen-bond donors (Lipinski definition) is 0. The molecule has 0 bridgehead atoms. The molecule has 0 unspecified atom stereocenters. The van der Waals surface area contributed by atoms with Gasteiger partial charge in [0, 0.05) is 24.2 Å². The van der Waals surface area contributed by atoms with Crippen LogP contribution in [0.1, 0.15) is 16.1 Å². The molecule has 0 aliphatic rings. The van der Waals surface area contributed by atoms with Crippen LogP contribution in [0, 0.1) is 0 Å². The van der Waals surface area contributed by atoms with Crippen LogP contribution < -0.4 is 0 Å². The number of esters is 1. The Hall–Kier alpha value is -2.44. The molecule has 0 saturated heterocycles. The maximum Gasteiger partial charge on any atom is 0.417 e. The molecular weight excluding hydrogens is 273 g/mol. The molecule has 104 valence electrons. The predicted octanol–water partition coefficient (Wildman–Crippen LogP) is 2.95. The molecule has 2 aromatic heterocycles. The summed E-state index contributed by atoms with van der Waals surface area (Å²) in [5, 5.41) is 0. The molecule has 0 saturated carbocycles. The van der Waals surface area contributed by atoms with Gasteiger partial charge in [0.2, 0.25) is 0 Å². The fraction of sp³-hybridized carbons (Fsp3) is 0.154. The van der Waals surface area contributed by atoms with Crippen LogP contribution >= 0.6 is 0 Å². The smallest absolute Gasteiger partial charge is 0.417 e. The van der Waals surface area contributed by atoms with E-state index >= 15 is 0 Å². The van der Waals surface area contributed by atoms with Gasteiger partial charge in [0.15, 0.2) is 5.69 Å². The normalized spacial score (nSPS) is 11.2. The summed E-state index contributed by atoms with van der Waals surface area (Å²) in [7, 11) is 1.14. The molecule has 20 heavy (non-hydrogen) atoms. The van der Waals surface area contributed by atoms with Crippen LogP contribution in [0.5, 0.6) is 0 Å².